The molecule has 0 spiro atoms. The molecule has 0 saturated heterocycles. The van der Waals surface area contributed by atoms with Crippen LogP contribution in [0.2, 0.25) is 0 Å². The van der Waals surface area contributed by atoms with Crippen molar-refractivity contribution in [1.82, 2.24) is 0 Å². The van der Waals surface area contributed by atoms with Gasteiger partial charge >= 0.3 is 40.0 Å². The number of hydrogen-bond donors (Lipinski definition) is 3. The summed E-state index contributed by atoms with van der Waals surface area (Å²) < 4.78 is 66.2. The fraction of sp³-hybridized carbons (Fsp3) is 0.143. The van der Waals surface area contributed by atoms with Gasteiger partial charge in [0.2, 0.25) is 10.4 Å². The Morgan fingerprint density at radius 3 is 1.95 bits per heavy atom. The average molecular weight is 323 g/mol. The minimum atomic E-state index is -4.92. The Kier molecular flexibility index (Phi) is 8.82. The van der Waals surface area contributed by atoms with Gasteiger partial charge in [-0.1, -0.05) is 0 Å². The Hall–Kier alpha value is -0.400. The van der Waals surface area contributed by atoms with Crippen LogP contribution < -0.4 is 39.5 Å². The van der Waals surface area contributed by atoms with Crippen LogP contribution in [0.15, 0.2) is 18.2 Å². The molecule has 0 aliphatic rings. The van der Waals surface area contributed by atoms with E-state index in [9.17, 15) is 8.42 Å². The third-order valence-electron chi connectivity index (χ3n) is 1.39. The summed E-state index contributed by atoms with van der Waals surface area (Å²) in [7, 11) is -9.37. The molecule has 0 aliphatic carbocycles. The monoisotopic (exact) mass is 323 g/mol. The molecule has 0 radical (unpaired) electrons. The minimum absolute atomic E-state index is 0. The SMILES string of the molecule is Cc1cc(N)ccc1OS(=O)(=O)O.O=S(=O)([O-])O.[Na+]. The number of nitrogen functional groups attached to an aromatic ring is 1. The molecule has 9 nitrogen and oxygen atoms in total. The van der Waals surface area contributed by atoms with Crippen molar-refractivity contribution >= 4 is 26.5 Å². The van der Waals surface area contributed by atoms with E-state index in [1.165, 1.54) is 12.1 Å². The van der Waals surface area contributed by atoms with Crippen molar-refractivity contribution in [3.63, 3.8) is 0 Å². The maximum absolute atomic E-state index is 10.3. The molecule has 1 aromatic rings. The minimum Gasteiger partial charge on any atom is -0.726 e. The fourth-order valence-electron chi connectivity index (χ4n) is 0.880. The first-order chi connectivity index (χ1) is 7.88. The standard InChI is InChI=1S/C7H9NO4S.Na.H2O4S/c1-5-4-6(8)2-3-7(5)12-13(9,10)11;;1-5(2,3)4/h2-4H,8H2,1H3,(H,9,10,11);;(H2,1,2,3,4)/q;+1;/p-1. The number of hydrogen-bond acceptors (Lipinski definition) is 7. The van der Waals surface area contributed by atoms with Crippen molar-refractivity contribution in [2.24, 2.45) is 0 Å². The molecule has 0 unspecified atom stereocenters. The van der Waals surface area contributed by atoms with Gasteiger partial charge in [0.25, 0.3) is 0 Å². The quantitative estimate of drug-likeness (QED) is 0.219. The molecule has 0 saturated carbocycles. The van der Waals surface area contributed by atoms with Crippen LogP contribution in [0.25, 0.3) is 0 Å². The van der Waals surface area contributed by atoms with Gasteiger partial charge in [0.15, 0.2) is 0 Å². The van der Waals surface area contributed by atoms with Crippen LogP contribution in [0.1, 0.15) is 5.56 Å². The van der Waals surface area contributed by atoms with Crippen LogP contribution in [0.4, 0.5) is 5.69 Å². The fourth-order valence-corrected chi connectivity index (χ4v) is 1.29. The number of benzene rings is 1. The number of rotatable bonds is 2. The molecule has 0 bridgehead atoms. The van der Waals surface area contributed by atoms with Gasteiger partial charge in [-0.15, -0.1) is 0 Å². The molecule has 0 heterocycles. The van der Waals surface area contributed by atoms with Crippen molar-refractivity contribution in [3.05, 3.63) is 23.8 Å². The largest absolute Gasteiger partial charge is 1.00 e. The van der Waals surface area contributed by atoms with Crippen molar-refractivity contribution in [2.75, 3.05) is 5.73 Å². The van der Waals surface area contributed by atoms with Crippen LogP contribution in [0, 0.1) is 6.92 Å². The molecule has 0 amide bonds. The zero-order valence-corrected chi connectivity index (χ0v) is 13.6. The Morgan fingerprint density at radius 2 is 1.63 bits per heavy atom. The molecule has 0 fully saturated rings. The maximum Gasteiger partial charge on any atom is 1.00 e. The molecular weight excluding hydrogens is 313 g/mol. The summed E-state index contributed by atoms with van der Waals surface area (Å²) in [6.07, 6.45) is 0. The molecule has 1 aromatic carbocycles. The third-order valence-corrected chi connectivity index (χ3v) is 1.78. The first-order valence-corrected chi connectivity index (χ1v) is 6.83. The zero-order valence-electron chi connectivity index (χ0n) is 9.97. The first kappa shape index (κ1) is 20.9. The molecule has 1 rings (SSSR count). The normalized spacial score (nSPS) is 10.7. The Bertz CT molecular complexity index is 604. The van der Waals surface area contributed by atoms with Crippen molar-refractivity contribution in [2.45, 2.75) is 6.92 Å². The van der Waals surface area contributed by atoms with E-state index >= 15 is 0 Å². The van der Waals surface area contributed by atoms with Crippen molar-refractivity contribution in [1.29, 1.82) is 0 Å². The van der Waals surface area contributed by atoms with E-state index in [-0.39, 0.29) is 35.3 Å². The van der Waals surface area contributed by atoms with Gasteiger partial charge in [-0.25, -0.2) is 8.42 Å². The second-order valence-corrected chi connectivity index (χ2v) is 4.84. The third kappa shape index (κ3) is 13.8. The van der Waals surface area contributed by atoms with E-state index in [1.807, 2.05) is 0 Å². The van der Waals surface area contributed by atoms with Gasteiger partial charge in [0.05, 0.1) is 0 Å². The van der Waals surface area contributed by atoms with Gasteiger partial charge in [0, 0.05) is 5.69 Å². The molecule has 104 valence electrons. The van der Waals surface area contributed by atoms with Crippen molar-refractivity contribution in [3.8, 4) is 5.75 Å². The molecule has 0 atom stereocenters. The predicted octanol–water partition coefficient (Wildman–Crippen LogP) is -3.23. The molecule has 19 heavy (non-hydrogen) atoms. The van der Waals surface area contributed by atoms with Crippen LogP contribution in [0.5, 0.6) is 5.75 Å². The zero-order chi connectivity index (χ0) is 14.6. The van der Waals surface area contributed by atoms with Crippen LogP contribution >= 0.6 is 0 Å². The Labute approximate surface area is 132 Å². The Balaban J connectivity index is 0. The van der Waals surface area contributed by atoms with E-state index in [0.717, 1.165) is 0 Å². The van der Waals surface area contributed by atoms with Crippen LogP contribution in [0.3, 0.4) is 0 Å². The summed E-state index contributed by atoms with van der Waals surface area (Å²) >= 11 is 0. The van der Waals surface area contributed by atoms with E-state index in [4.69, 9.17) is 27.8 Å². The summed E-state index contributed by atoms with van der Waals surface area (Å²) in [6, 6.07) is 4.40. The molecule has 12 heteroatoms. The van der Waals surface area contributed by atoms with Gasteiger partial charge in [-0.05, 0) is 30.7 Å². The molecule has 0 aromatic heterocycles. The summed E-state index contributed by atoms with van der Waals surface area (Å²) in [5, 5.41) is 0. The van der Waals surface area contributed by atoms with E-state index in [2.05, 4.69) is 4.18 Å². The van der Waals surface area contributed by atoms with Crippen LogP contribution in [-0.4, -0.2) is 30.5 Å². The second kappa shape index (κ2) is 8.01. The summed E-state index contributed by atoms with van der Waals surface area (Å²) in [5.41, 5.74) is 6.46. The van der Waals surface area contributed by atoms with Gasteiger partial charge in [-0.2, -0.15) is 8.42 Å². The summed E-state index contributed by atoms with van der Waals surface area (Å²) in [5.74, 6) is 0.0664. The van der Waals surface area contributed by atoms with E-state index in [0.29, 0.717) is 11.3 Å². The number of anilines is 1. The molecular formula is C7H10NNaO8S2. The predicted molar refractivity (Wildman–Crippen MR) is 60.1 cm³/mol. The second-order valence-electron chi connectivity index (χ2n) is 2.96. The van der Waals surface area contributed by atoms with Gasteiger partial charge in [-0.3, -0.25) is 9.11 Å². The number of aryl methyl sites for hydroxylation is 1. The van der Waals surface area contributed by atoms with Gasteiger partial charge < -0.3 is 14.5 Å². The van der Waals surface area contributed by atoms with E-state index < -0.39 is 20.8 Å². The van der Waals surface area contributed by atoms with Crippen LogP contribution in [-0.2, 0) is 20.8 Å². The number of nitrogens with two attached hydrogens (primary N) is 1. The van der Waals surface area contributed by atoms with E-state index in [1.54, 1.807) is 13.0 Å². The summed E-state index contributed by atoms with van der Waals surface area (Å²) in [4.78, 5) is 0. The molecule has 4 N–H and O–H groups in total. The van der Waals surface area contributed by atoms with Crippen molar-refractivity contribution < 1.29 is 64.2 Å². The molecule has 0 aliphatic heterocycles. The van der Waals surface area contributed by atoms with Gasteiger partial charge in [0.1, 0.15) is 5.75 Å². The first-order valence-electron chi connectivity index (χ1n) is 4.10. The maximum atomic E-state index is 10.3. The average Bonchev–Trinajstić information content (AvgIpc) is 2.05. The smallest absolute Gasteiger partial charge is 0.726 e. The topological polar surface area (TPSA) is 167 Å². The Morgan fingerprint density at radius 1 is 1.21 bits per heavy atom. The summed E-state index contributed by atoms with van der Waals surface area (Å²) in [6.45, 7) is 1.62.